The van der Waals surface area contributed by atoms with E-state index in [1.54, 1.807) is 12.1 Å². The molecule has 0 radical (unpaired) electrons. The number of rotatable bonds is 5. The molecule has 1 amide bonds. The molecule has 1 fully saturated rings. The molecule has 1 aliphatic heterocycles. The van der Waals surface area contributed by atoms with Gasteiger partial charge in [0.15, 0.2) is 4.90 Å². The molecule has 4 rings (SSSR count). The molecule has 1 saturated heterocycles. The Hall–Kier alpha value is -3.46. The van der Waals surface area contributed by atoms with Crippen molar-refractivity contribution in [2.75, 3.05) is 11.4 Å². The van der Waals surface area contributed by atoms with E-state index in [0.717, 1.165) is 29.2 Å². The standard InChI is InChI=1S/C26H30N4O4S/c1-16-8-9-19(17(2)15-16)21-11-10-20(23(28-21)30-14-12-18(3)26(30,4)5)24(31)29-35(33,34)22-7-6-13-27-25(22)32/h6-11,13,15,18H,12,14H2,1-5H3,(H,27,32)(H,29,31). The second kappa shape index (κ2) is 8.96. The maximum atomic E-state index is 13.3. The molecule has 3 aromatic rings. The third-order valence-corrected chi connectivity index (χ3v) is 8.37. The molecule has 2 aromatic heterocycles. The first kappa shape index (κ1) is 24.7. The van der Waals surface area contributed by atoms with Crippen LogP contribution < -0.4 is 15.2 Å². The Morgan fingerprint density at radius 2 is 1.91 bits per heavy atom. The van der Waals surface area contributed by atoms with Crippen LogP contribution in [-0.4, -0.2) is 36.4 Å². The summed E-state index contributed by atoms with van der Waals surface area (Å²) in [5, 5.41) is 0. The number of sulfonamides is 1. The second-order valence-corrected chi connectivity index (χ2v) is 11.3. The van der Waals surface area contributed by atoms with Crippen molar-refractivity contribution in [1.82, 2.24) is 14.7 Å². The highest BCUT2D eigenvalue weighted by Crippen LogP contribution is 2.39. The average Bonchev–Trinajstić information content (AvgIpc) is 3.05. The van der Waals surface area contributed by atoms with Gasteiger partial charge < -0.3 is 9.88 Å². The van der Waals surface area contributed by atoms with Crippen molar-refractivity contribution in [2.45, 2.75) is 51.5 Å². The SMILES string of the molecule is Cc1ccc(-c2ccc(C(=O)NS(=O)(=O)c3ccc[nH]c3=O)c(N3CCC(C)C3(C)C)n2)c(C)c1. The second-order valence-electron chi connectivity index (χ2n) is 9.68. The van der Waals surface area contributed by atoms with Crippen molar-refractivity contribution in [3.05, 3.63) is 75.7 Å². The van der Waals surface area contributed by atoms with Crippen molar-refractivity contribution >= 4 is 21.7 Å². The van der Waals surface area contributed by atoms with Crippen LogP contribution in [0.1, 0.15) is 48.7 Å². The number of aryl methyl sites for hydroxylation is 2. The van der Waals surface area contributed by atoms with Crippen molar-refractivity contribution in [2.24, 2.45) is 5.92 Å². The van der Waals surface area contributed by atoms with E-state index < -0.39 is 26.4 Å². The number of nitrogens with zero attached hydrogens (tertiary/aromatic N) is 2. The van der Waals surface area contributed by atoms with Gasteiger partial charge in [-0.05, 0) is 69.9 Å². The van der Waals surface area contributed by atoms with E-state index in [0.29, 0.717) is 24.0 Å². The van der Waals surface area contributed by atoms with Gasteiger partial charge in [0.25, 0.3) is 21.5 Å². The van der Waals surface area contributed by atoms with E-state index in [-0.39, 0.29) is 11.1 Å². The van der Waals surface area contributed by atoms with Crippen molar-refractivity contribution in [3.8, 4) is 11.3 Å². The summed E-state index contributed by atoms with van der Waals surface area (Å²) in [7, 11) is -4.38. The quantitative estimate of drug-likeness (QED) is 0.558. The van der Waals surface area contributed by atoms with Crippen molar-refractivity contribution in [3.63, 3.8) is 0 Å². The number of H-pyrrole nitrogens is 1. The van der Waals surface area contributed by atoms with E-state index in [9.17, 15) is 18.0 Å². The van der Waals surface area contributed by atoms with Crippen molar-refractivity contribution in [1.29, 1.82) is 0 Å². The Balaban J connectivity index is 1.81. The smallest absolute Gasteiger partial charge is 0.269 e. The van der Waals surface area contributed by atoms with Crippen LogP contribution in [0.2, 0.25) is 0 Å². The van der Waals surface area contributed by atoms with E-state index in [2.05, 4.69) is 41.4 Å². The predicted molar refractivity (Wildman–Crippen MR) is 136 cm³/mol. The summed E-state index contributed by atoms with van der Waals surface area (Å²) in [6, 6.07) is 12.0. The summed E-state index contributed by atoms with van der Waals surface area (Å²) in [6.45, 7) is 11.1. The Labute approximate surface area is 205 Å². The third kappa shape index (κ3) is 4.60. The molecular formula is C26H30N4O4S. The summed E-state index contributed by atoms with van der Waals surface area (Å²) in [6.07, 6.45) is 2.24. The molecule has 8 nitrogen and oxygen atoms in total. The molecule has 184 valence electrons. The number of aromatic nitrogens is 2. The number of amides is 1. The van der Waals surface area contributed by atoms with Crippen LogP contribution in [0, 0.1) is 19.8 Å². The third-order valence-electron chi connectivity index (χ3n) is 7.02. The van der Waals surface area contributed by atoms with Gasteiger partial charge in [-0.3, -0.25) is 9.59 Å². The first-order chi connectivity index (χ1) is 16.4. The minimum Gasteiger partial charge on any atom is -0.351 e. The number of carbonyl (C=O) groups excluding carboxylic acids is 1. The molecule has 1 atom stereocenters. The lowest BCUT2D eigenvalue weighted by Crippen LogP contribution is -2.44. The van der Waals surface area contributed by atoms with E-state index >= 15 is 0 Å². The minimum absolute atomic E-state index is 0.136. The fraction of sp³-hybridized carbons (Fsp3) is 0.346. The summed E-state index contributed by atoms with van der Waals surface area (Å²) < 4.78 is 27.7. The maximum Gasteiger partial charge on any atom is 0.269 e. The van der Waals surface area contributed by atoms with Crippen molar-refractivity contribution < 1.29 is 13.2 Å². The molecule has 35 heavy (non-hydrogen) atoms. The molecule has 0 bridgehead atoms. The van der Waals surface area contributed by atoms with Gasteiger partial charge in [-0.2, -0.15) is 0 Å². The fourth-order valence-electron chi connectivity index (χ4n) is 4.54. The molecular weight excluding hydrogens is 464 g/mol. The number of carbonyl (C=O) groups is 1. The number of anilines is 1. The zero-order valence-electron chi connectivity index (χ0n) is 20.5. The maximum absolute atomic E-state index is 13.3. The fourth-order valence-corrected chi connectivity index (χ4v) is 5.57. The normalized spacial score (nSPS) is 17.4. The molecule has 9 heteroatoms. The highest BCUT2D eigenvalue weighted by molar-refractivity contribution is 7.90. The number of nitrogens with one attached hydrogen (secondary N) is 2. The molecule has 0 saturated carbocycles. The lowest BCUT2D eigenvalue weighted by molar-refractivity contribution is 0.0981. The highest BCUT2D eigenvalue weighted by Gasteiger charge is 2.41. The lowest BCUT2D eigenvalue weighted by atomic mass is 9.90. The van der Waals surface area contributed by atoms with Crippen LogP contribution in [0.4, 0.5) is 5.82 Å². The summed E-state index contributed by atoms with van der Waals surface area (Å²) >= 11 is 0. The molecule has 3 heterocycles. The Bertz CT molecular complexity index is 1460. The van der Waals surface area contributed by atoms with Gasteiger partial charge in [-0.1, -0.05) is 30.7 Å². The monoisotopic (exact) mass is 494 g/mol. The van der Waals surface area contributed by atoms with Crippen LogP contribution in [0.15, 0.2) is 58.4 Å². The van der Waals surface area contributed by atoms with Crippen LogP contribution in [-0.2, 0) is 10.0 Å². The number of hydrogen-bond acceptors (Lipinski definition) is 6. The molecule has 1 aliphatic rings. The van der Waals surface area contributed by atoms with Gasteiger partial charge in [0.05, 0.1) is 11.3 Å². The Morgan fingerprint density at radius 1 is 1.17 bits per heavy atom. The van der Waals surface area contributed by atoms with Gasteiger partial charge in [-0.15, -0.1) is 0 Å². The van der Waals surface area contributed by atoms with Crippen LogP contribution in [0.3, 0.4) is 0 Å². The number of hydrogen-bond donors (Lipinski definition) is 2. The zero-order valence-corrected chi connectivity index (χ0v) is 21.4. The van der Waals surface area contributed by atoms with Crippen LogP contribution in [0.5, 0.6) is 0 Å². The summed E-state index contributed by atoms with van der Waals surface area (Å²) in [5.74, 6) is -0.0682. The van der Waals surface area contributed by atoms with Gasteiger partial charge in [0.2, 0.25) is 0 Å². The predicted octanol–water partition coefficient (Wildman–Crippen LogP) is 3.80. The summed E-state index contributed by atoms with van der Waals surface area (Å²) in [4.78, 5) is 34.1. The average molecular weight is 495 g/mol. The molecule has 0 spiro atoms. The van der Waals surface area contributed by atoms with Gasteiger partial charge in [0, 0.05) is 23.8 Å². The number of benzene rings is 1. The van der Waals surface area contributed by atoms with Crippen LogP contribution in [0.25, 0.3) is 11.3 Å². The number of pyridine rings is 2. The molecule has 1 unspecified atom stereocenters. The lowest BCUT2D eigenvalue weighted by Gasteiger charge is -2.36. The first-order valence-electron chi connectivity index (χ1n) is 11.5. The van der Waals surface area contributed by atoms with Crippen LogP contribution >= 0.6 is 0 Å². The van der Waals surface area contributed by atoms with E-state index in [4.69, 9.17) is 4.98 Å². The molecule has 0 aliphatic carbocycles. The van der Waals surface area contributed by atoms with Gasteiger partial charge in [-0.25, -0.2) is 18.1 Å². The molecule has 1 aromatic carbocycles. The summed E-state index contributed by atoms with van der Waals surface area (Å²) in [5.41, 5.74) is 2.88. The van der Waals surface area contributed by atoms with Gasteiger partial charge >= 0.3 is 0 Å². The Kier molecular flexibility index (Phi) is 6.31. The van der Waals surface area contributed by atoms with E-state index in [1.165, 1.54) is 12.3 Å². The van der Waals surface area contributed by atoms with Gasteiger partial charge in [0.1, 0.15) is 5.82 Å². The van der Waals surface area contributed by atoms with E-state index in [1.807, 2.05) is 26.0 Å². The highest BCUT2D eigenvalue weighted by atomic mass is 32.2. The first-order valence-corrected chi connectivity index (χ1v) is 13.0. The number of aromatic amines is 1. The molecule has 2 N–H and O–H groups in total. The zero-order chi connectivity index (χ0) is 25.5. The Morgan fingerprint density at radius 3 is 2.54 bits per heavy atom. The largest absolute Gasteiger partial charge is 0.351 e. The minimum atomic E-state index is -4.38. The topological polar surface area (TPSA) is 112 Å².